The van der Waals surface area contributed by atoms with Gasteiger partial charge in [0.2, 0.25) is 0 Å². The predicted octanol–water partition coefficient (Wildman–Crippen LogP) is 4.72. The minimum absolute atomic E-state index is 0.265. The fourth-order valence-electron chi connectivity index (χ4n) is 1.67. The number of nitrogens with one attached hydrogen (secondary N) is 1. The van der Waals surface area contributed by atoms with Crippen LogP contribution in [0.3, 0.4) is 0 Å². The van der Waals surface area contributed by atoms with Crippen molar-refractivity contribution in [3.8, 4) is 0 Å². The van der Waals surface area contributed by atoms with E-state index in [1.807, 2.05) is 0 Å². The Labute approximate surface area is 121 Å². The van der Waals surface area contributed by atoms with Gasteiger partial charge < -0.3 is 5.32 Å². The van der Waals surface area contributed by atoms with E-state index in [1.165, 1.54) is 6.07 Å². The molecule has 104 valence electrons. The summed E-state index contributed by atoms with van der Waals surface area (Å²) >= 11 is 2.97. The molecule has 0 unspecified atom stereocenters. The van der Waals surface area contributed by atoms with E-state index in [9.17, 15) is 18.0 Å². The van der Waals surface area contributed by atoms with Gasteiger partial charge in [-0.05, 0) is 30.3 Å². The third-order valence-corrected chi connectivity index (χ3v) is 3.06. The molecule has 0 aliphatic rings. The van der Waals surface area contributed by atoms with Gasteiger partial charge in [0, 0.05) is 10.2 Å². The van der Waals surface area contributed by atoms with Crippen LogP contribution in [0.25, 0.3) is 0 Å². The van der Waals surface area contributed by atoms with E-state index in [0.29, 0.717) is 5.69 Å². The summed E-state index contributed by atoms with van der Waals surface area (Å²) in [5.74, 6) is -0.795. The Bertz CT molecular complexity index is 626. The summed E-state index contributed by atoms with van der Waals surface area (Å²) in [5.41, 5.74) is -0.946. The molecule has 2 rings (SSSR count). The molecule has 0 heterocycles. The molecule has 0 aliphatic carbocycles. The molecule has 0 bridgehead atoms. The Hall–Kier alpha value is -1.82. The van der Waals surface area contributed by atoms with E-state index in [4.69, 9.17) is 0 Å². The lowest BCUT2D eigenvalue weighted by Crippen LogP contribution is -2.18. The number of rotatable bonds is 2. The first kappa shape index (κ1) is 14.6. The molecule has 2 aromatic carbocycles. The van der Waals surface area contributed by atoms with Crippen molar-refractivity contribution in [3.05, 3.63) is 64.1 Å². The molecule has 0 saturated carbocycles. The molecule has 0 aliphatic heterocycles. The van der Waals surface area contributed by atoms with Gasteiger partial charge in [-0.1, -0.05) is 34.1 Å². The molecule has 0 atom stereocenters. The largest absolute Gasteiger partial charge is 0.417 e. The van der Waals surface area contributed by atoms with Crippen LogP contribution in [0.15, 0.2) is 53.0 Å². The molecule has 6 heteroatoms. The Morgan fingerprint density at radius 3 is 2.30 bits per heavy atom. The number of halogens is 4. The van der Waals surface area contributed by atoms with Crippen molar-refractivity contribution >= 4 is 27.5 Å². The minimum atomic E-state index is -4.59. The highest BCUT2D eigenvalue weighted by Gasteiger charge is 2.35. The number of carbonyl (C=O) groups is 1. The van der Waals surface area contributed by atoms with E-state index in [2.05, 4.69) is 21.2 Å². The lowest BCUT2D eigenvalue weighted by molar-refractivity contribution is -0.137. The molecular weight excluding hydrogens is 335 g/mol. The quantitative estimate of drug-likeness (QED) is 0.839. The Morgan fingerprint density at radius 1 is 1.05 bits per heavy atom. The van der Waals surface area contributed by atoms with Crippen LogP contribution >= 0.6 is 15.9 Å². The second-order valence-electron chi connectivity index (χ2n) is 4.01. The van der Waals surface area contributed by atoms with Gasteiger partial charge in [0.1, 0.15) is 0 Å². The van der Waals surface area contributed by atoms with Crippen LogP contribution in [0, 0.1) is 0 Å². The van der Waals surface area contributed by atoms with Gasteiger partial charge in [-0.25, -0.2) is 0 Å². The van der Waals surface area contributed by atoms with E-state index in [-0.39, 0.29) is 4.47 Å². The number of alkyl halides is 3. The van der Waals surface area contributed by atoms with E-state index < -0.39 is 23.2 Å². The highest BCUT2D eigenvalue weighted by atomic mass is 79.9. The van der Waals surface area contributed by atoms with Crippen LogP contribution in [0.4, 0.5) is 18.9 Å². The number of anilines is 1. The van der Waals surface area contributed by atoms with Crippen molar-refractivity contribution in [2.24, 2.45) is 0 Å². The summed E-state index contributed by atoms with van der Waals surface area (Å²) in [6.45, 7) is 0. The first-order chi connectivity index (χ1) is 9.38. The van der Waals surface area contributed by atoms with E-state index in [0.717, 1.165) is 12.1 Å². The molecule has 0 saturated heterocycles. The lowest BCUT2D eigenvalue weighted by Gasteiger charge is -2.13. The van der Waals surface area contributed by atoms with Crippen LogP contribution in [-0.2, 0) is 6.18 Å². The maximum Gasteiger partial charge on any atom is 0.417 e. The first-order valence-corrected chi connectivity index (χ1v) is 6.40. The lowest BCUT2D eigenvalue weighted by atomic mass is 10.1. The summed E-state index contributed by atoms with van der Waals surface area (Å²) in [6.07, 6.45) is -4.59. The van der Waals surface area contributed by atoms with Gasteiger partial charge in [-0.3, -0.25) is 4.79 Å². The van der Waals surface area contributed by atoms with Gasteiger partial charge in [0.25, 0.3) is 5.91 Å². The molecule has 0 fully saturated rings. The first-order valence-electron chi connectivity index (χ1n) is 5.61. The minimum Gasteiger partial charge on any atom is -0.322 e. The highest BCUT2D eigenvalue weighted by Crippen LogP contribution is 2.34. The zero-order valence-electron chi connectivity index (χ0n) is 10.0. The van der Waals surface area contributed by atoms with Gasteiger partial charge in [-0.2, -0.15) is 13.2 Å². The number of benzene rings is 2. The molecular formula is C14H9BrF3NO. The maximum absolute atomic E-state index is 12.9. The Balaban J connectivity index is 2.35. The summed E-state index contributed by atoms with van der Waals surface area (Å²) in [7, 11) is 0. The van der Waals surface area contributed by atoms with Gasteiger partial charge >= 0.3 is 6.18 Å². The van der Waals surface area contributed by atoms with Crippen LogP contribution in [0.2, 0.25) is 0 Å². The molecule has 2 aromatic rings. The Kier molecular flexibility index (Phi) is 4.13. The number of amides is 1. The summed E-state index contributed by atoms with van der Waals surface area (Å²) in [6, 6.07) is 11.7. The van der Waals surface area contributed by atoms with Crippen molar-refractivity contribution < 1.29 is 18.0 Å². The normalized spacial score (nSPS) is 11.2. The van der Waals surface area contributed by atoms with Crippen molar-refractivity contribution in [2.45, 2.75) is 6.18 Å². The zero-order valence-corrected chi connectivity index (χ0v) is 11.6. The summed E-state index contributed by atoms with van der Waals surface area (Å²) in [4.78, 5) is 12.0. The highest BCUT2D eigenvalue weighted by molar-refractivity contribution is 9.10. The number of hydrogen-bond acceptors (Lipinski definition) is 1. The third kappa shape index (κ3) is 3.39. The fourth-order valence-corrected chi connectivity index (χ4v) is 2.03. The van der Waals surface area contributed by atoms with Crippen molar-refractivity contribution in [1.29, 1.82) is 0 Å². The smallest absolute Gasteiger partial charge is 0.322 e. The molecule has 0 radical (unpaired) electrons. The van der Waals surface area contributed by atoms with Crippen molar-refractivity contribution in [1.82, 2.24) is 0 Å². The monoisotopic (exact) mass is 343 g/mol. The van der Waals surface area contributed by atoms with E-state index >= 15 is 0 Å². The SMILES string of the molecule is O=C(Nc1ccccc1)c1ccc(Br)cc1C(F)(F)F. The van der Waals surface area contributed by atoms with E-state index in [1.54, 1.807) is 30.3 Å². The molecule has 0 spiro atoms. The van der Waals surface area contributed by atoms with Crippen molar-refractivity contribution in [2.75, 3.05) is 5.32 Å². The molecule has 0 aromatic heterocycles. The Morgan fingerprint density at radius 2 is 1.70 bits per heavy atom. The van der Waals surface area contributed by atoms with Gasteiger partial charge in [-0.15, -0.1) is 0 Å². The van der Waals surface area contributed by atoms with Gasteiger partial charge in [0.05, 0.1) is 11.1 Å². The summed E-state index contributed by atoms with van der Waals surface area (Å²) < 4.78 is 39.0. The summed E-state index contributed by atoms with van der Waals surface area (Å²) in [5, 5.41) is 2.44. The van der Waals surface area contributed by atoms with Crippen molar-refractivity contribution in [3.63, 3.8) is 0 Å². The van der Waals surface area contributed by atoms with Crippen LogP contribution in [0.1, 0.15) is 15.9 Å². The maximum atomic E-state index is 12.9. The van der Waals surface area contributed by atoms with Crippen LogP contribution in [0.5, 0.6) is 0 Å². The fraction of sp³-hybridized carbons (Fsp3) is 0.0714. The molecule has 1 amide bonds. The second-order valence-corrected chi connectivity index (χ2v) is 4.92. The standard InChI is InChI=1S/C14H9BrF3NO/c15-9-6-7-11(12(8-9)14(16,17)18)13(20)19-10-4-2-1-3-5-10/h1-8H,(H,19,20). The third-order valence-electron chi connectivity index (χ3n) is 2.56. The number of carbonyl (C=O) groups excluding carboxylic acids is 1. The topological polar surface area (TPSA) is 29.1 Å². The van der Waals surface area contributed by atoms with Gasteiger partial charge in [0.15, 0.2) is 0 Å². The number of hydrogen-bond donors (Lipinski definition) is 1. The number of para-hydroxylation sites is 1. The molecule has 1 N–H and O–H groups in total. The zero-order chi connectivity index (χ0) is 14.8. The van der Waals surface area contributed by atoms with Crippen LogP contribution < -0.4 is 5.32 Å². The average Bonchev–Trinajstić information content (AvgIpc) is 2.38. The predicted molar refractivity (Wildman–Crippen MR) is 73.5 cm³/mol. The van der Waals surface area contributed by atoms with Crippen LogP contribution in [-0.4, -0.2) is 5.91 Å². The molecule has 2 nitrogen and oxygen atoms in total. The molecule has 20 heavy (non-hydrogen) atoms. The average molecular weight is 344 g/mol. The second kappa shape index (κ2) is 5.66.